The van der Waals surface area contributed by atoms with Gasteiger partial charge in [0.1, 0.15) is 0 Å². The summed E-state index contributed by atoms with van der Waals surface area (Å²) in [5.41, 5.74) is 1.47. The fraction of sp³-hybridized carbons (Fsp3) is 0.643. The van der Waals surface area contributed by atoms with E-state index in [1.165, 1.54) is 38.0 Å². The number of rotatable bonds is 0. The molecule has 3 aliphatic heterocycles. The van der Waals surface area contributed by atoms with Gasteiger partial charge in [-0.25, -0.2) is 0 Å². The van der Waals surface area contributed by atoms with E-state index < -0.39 is 0 Å². The van der Waals surface area contributed by atoms with Crippen molar-refractivity contribution in [2.75, 3.05) is 13.1 Å². The highest BCUT2D eigenvalue weighted by atomic mass is 16.1. The minimum absolute atomic E-state index is 0.198. The summed E-state index contributed by atoms with van der Waals surface area (Å²) in [4.78, 5) is 14.6. The van der Waals surface area contributed by atoms with Gasteiger partial charge in [-0.15, -0.1) is 0 Å². The van der Waals surface area contributed by atoms with Gasteiger partial charge in [-0.3, -0.25) is 9.69 Å². The van der Waals surface area contributed by atoms with Gasteiger partial charge in [-0.05, 0) is 37.8 Å². The lowest BCUT2D eigenvalue weighted by Gasteiger charge is -2.45. The number of pyridine rings is 1. The maximum absolute atomic E-state index is 11.9. The molecule has 0 radical (unpaired) electrons. The van der Waals surface area contributed by atoms with Gasteiger partial charge in [0.15, 0.2) is 0 Å². The Labute approximate surface area is 101 Å². The molecule has 0 saturated carbocycles. The third kappa shape index (κ3) is 1.35. The van der Waals surface area contributed by atoms with Crippen LogP contribution in [0.4, 0.5) is 0 Å². The molecule has 0 unspecified atom stereocenters. The van der Waals surface area contributed by atoms with Crippen LogP contribution in [0.5, 0.6) is 0 Å². The Morgan fingerprint density at radius 1 is 1.24 bits per heavy atom. The van der Waals surface area contributed by atoms with Crippen LogP contribution in [-0.4, -0.2) is 28.6 Å². The van der Waals surface area contributed by atoms with Crippen molar-refractivity contribution in [3.05, 3.63) is 34.2 Å². The molecule has 0 aromatic carbocycles. The van der Waals surface area contributed by atoms with Gasteiger partial charge in [-0.1, -0.05) is 6.07 Å². The van der Waals surface area contributed by atoms with Gasteiger partial charge in [0.25, 0.3) is 5.56 Å². The summed E-state index contributed by atoms with van der Waals surface area (Å²) in [7, 11) is 0. The van der Waals surface area contributed by atoms with Crippen LogP contribution in [-0.2, 0) is 6.54 Å². The third-order valence-electron chi connectivity index (χ3n) is 4.92. The minimum Gasteiger partial charge on any atom is -0.312 e. The Hall–Kier alpha value is -1.09. The van der Waals surface area contributed by atoms with E-state index in [1.807, 2.05) is 10.6 Å². The Balaban J connectivity index is 1.81. The van der Waals surface area contributed by atoms with Crippen molar-refractivity contribution in [2.45, 2.75) is 37.8 Å². The molecule has 3 aliphatic rings. The summed E-state index contributed by atoms with van der Waals surface area (Å²) in [6.07, 6.45) is 3.98. The minimum atomic E-state index is 0.198. The predicted octanol–water partition coefficient (Wildman–Crippen LogP) is 1.43. The van der Waals surface area contributed by atoms with Gasteiger partial charge >= 0.3 is 0 Å². The fourth-order valence-electron chi connectivity index (χ4n) is 4.23. The lowest BCUT2D eigenvalue weighted by Crippen LogP contribution is -2.50. The molecule has 4 heterocycles. The Morgan fingerprint density at radius 3 is 3.12 bits per heavy atom. The van der Waals surface area contributed by atoms with Crippen LogP contribution < -0.4 is 5.56 Å². The number of hydrogen-bond donors (Lipinski definition) is 0. The van der Waals surface area contributed by atoms with E-state index in [0.717, 1.165) is 12.6 Å². The molecular formula is C14H18N2O. The molecule has 0 amide bonds. The van der Waals surface area contributed by atoms with E-state index in [4.69, 9.17) is 0 Å². The summed E-state index contributed by atoms with van der Waals surface area (Å²) >= 11 is 0. The standard InChI is InChI=1S/C14H18N2O/c17-14-5-1-3-13-10-7-11(9-16(13)14)12-4-2-6-15(12)8-10/h1,3,5,10-12H,2,4,6-9H2/t10-,11-,12+/m1/s1. The van der Waals surface area contributed by atoms with Crippen LogP contribution in [0.3, 0.4) is 0 Å². The molecule has 3 atom stereocenters. The van der Waals surface area contributed by atoms with Crippen molar-refractivity contribution in [3.8, 4) is 0 Å². The quantitative estimate of drug-likeness (QED) is 0.673. The average Bonchev–Trinajstić information content (AvgIpc) is 2.79. The number of nitrogens with zero attached hydrogens (tertiary/aromatic N) is 2. The molecule has 1 aromatic rings. The fourth-order valence-corrected chi connectivity index (χ4v) is 4.23. The first-order chi connectivity index (χ1) is 8.33. The number of fused-ring (bicyclic) bond motifs is 6. The van der Waals surface area contributed by atoms with E-state index in [1.54, 1.807) is 6.07 Å². The zero-order chi connectivity index (χ0) is 11.4. The van der Waals surface area contributed by atoms with E-state index in [0.29, 0.717) is 11.8 Å². The lowest BCUT2D eigenvalue weighted by atomic mass is 9.78. The summed E-state index contributed by atoms with van der Waals surface area (Å²) in [6, 6.07) is 6.53. The van der Waals surface area contributed by atoms with Gasteiger partial charge in [0.2, 0.25) is 0 Å². The zero-order valence-electron chi connectivity index (χ0n) is 10.0. The first-order valence-electron chi connectivity index (χ1n) is 6.77. The Kier molecular flexibility index (Phi) is 2.01. The molecule has 2 fully saturated rings. The number of piperidine rings is 1. The average molecular weight is 230 g/mol. The molecular weight excluding hydrogens is 212 g/mol. The summed E-state index contributed by atoms with van der Waals surface area (Å²) in [5.74, 6) is 1.31. The van der Waals surface area contributed by atoms with E-state index in [-0.39, 0.29) is 5.56 Å². The highest BCUT2D eigenvalue weighted by Crippen LogP contribution is 2.41. The van der Waals surface area contributed by atoms with Crippen LogP contribution >= 0.6 is 0 Å². The van der Waals surface area contributed by atoms with Crippen molar-refractivity contribution < 1.29 is 0 Å². The maximum Gasteiger partial charge on any atom is 0.250 e. The second-order valence-corrected chi connectivity index (χ2v) is 5.80. The molecule has 2 bridgehead atoms. The molecule has 2 saturated heterocycles. The van der Waals surface area contributed by atoms with Crippen LogP contribution in [0.2, 0.25) is 0 Å². The third-order valence-corrected chi connectivity index (χ3v) is 4.92. The molecule has 1 aromatic heterocycles. The van der Waals surface area contributed by atoms with E-state index in [2.05, 4.69) is 11.0 Å². The highest BCUT2D eigenvalue weighted by molar-refractivity contribution is 5.18. The maximum atomic E-state index is 11.9. The summed E-state index contributed by atoms with van der Waals surface area (Å²) in [6.45, 7) is 3.39. The SMILES string of the molecule is O=c1cccc2n1C[C@H]1C[C@@H]2CN2CCC[C@@H]12. The second-order valence-electron chi connectivity index (χ2n) is 5.80. The zero-order valence-corrected chi connectivity index (χ0v) is 10.0. The Bertz CT molecular complexity index is 507. The molecule has 0 spiro atoms. The van der Waals surface area contributed by atoms with Crippen LogP contribution in [0.1, 0.15) is 30.9 Å². The lowest BCUT2D eigenvalue weighted by molar-refractivity contribution is 0.0832. The van der Waals surface area contributed by atoms with Crippen LogP contribution in [0, 0.1) is 5.92 Å². The van der Waals surface area contributed by atoms with Crippen molar-refractivity contribution in [1.29, 1.82) is 0 Å². The largest absolute Gasteiger partial charge is 0.312 e. The van der Waals surface area contributed by atoms with E-state index >= 15 is 0 Å². The molecule has 0 N–H and O–H groups in total. The predicted molar refractivity (Wildman–Crippen MR) is 66.1 cm³/mol. The highest BCUT2D eigenvalue weighted by Gasteiger charge is 2.42. The normalized spacial score (nSPS) is 35.4. The van der Waals surface area contributed by atoms with Crippen molar-refractivity contribution in [1.82, 2.24) is 9.47 Å². The Morgan fingerprint density at radius 2 is 2.18 bits per heavy atom. The first-order valence-corrected chi connectivity index (χ1v) is 6.77. The monoisotopic (exact) mass is 230 g/mol. The number of aromatic nitrogens is 1. The molecule has 17 heavy (non-hydrogen) atoms. The van der Waals surface area contributed by atoms with Gasteiger partial charge in [0, 0.05) is 36.8 Å². The van der Waals surface area contributed by atoms with Crippen molar-refractivity contribution in [2.24, 2.45) is 5.92 Å². The van der Waals surface area contributed by atoms with Gasteiger partial charge in [-0.2, -0.15) is 0 Å². The number of hydrogen-bond acceptors (Lipinski definition) is 2. The van der Waals surface area contributed by atoms with Crippen molar-refractivity contribution >= 4 is 0 Å². The smallest absolute Gasteiger partial charge is 0.250 e. The molecule has 3 heteroatoms. The molecule has 3 nitrogen and oxygen atoms in total. The topological polar surface area (TPSA) is 25.2 Å². The first kappa shape index (κ1) is 9.89. The second kappa shape index (κ2) is 3.45. The van der Waals surface area contributed by atoms with Gasteiger partial charge < -0.3 is 4.57 Å². The summed E-state index contributed by atoms with van der Waals surface area (Å²) in [5, 5.41) is 0. The summed E-state index contributed by atoms with van der Waals surface area (Å²) < 4.78 is 2.04. The molecule has 4 rings (SSSR count). The van der Waals surface area contributed by atoms with Crippen LogP contribution in [0.25, 0.3) is 0 Å². The molecule has 0 aliphatic carbocycles. The van der Waals surface area contributed by atoms with Gasteiger partial charge in [0.05, 0.1) is 0 Å². The molecule has 90 valence electrons. The van der Waals surface area contributed by atoms with Crippen molar-refractivity contribution in [3.63, 3.8) is 0 Å². The van der Waals surface area contributed by atoms with Crippen LogP contribution in [0.15, 0.2) is 23.0 Å². The van der Waals surface area contributed by atoms with E-state index in [9.17, 15) is 4.79 Å².